The summed E-state index contributed by atoms with van der Waals surface area (Å²) < 4.78 is 0. The van der Waals surface area contributed by atoms with E-state index < -0.39 is 0 Å². The SMILES string of the molecule is Cc1cc(C(C)(C)C)cc(C(C)(C)C)c1NC(=S)NC(=O)c1ccccc1. The molecular weight excluding hydrogens is 352 g/mol. The lowest BCUT2D eigenvalue weighted by molar-refractivity contribution is 0.0977. The third-order valence-corrected chi connectivity index (χ3v) is 4.72. The zero-order valence-corrected chi connectivity index (χ0v) is 18.2. The number of rotatable bonds is 2. The Morgan fingerprint density at radius 3 is 2.04 bits per heavy atom. The van der Waals surface area contributed by atoms with Gasteiger partial charge in [-0.25, -0.2) is 0 Å². The summed E-state index contributed by atoms with van der Waals surface area (Å²) in [4.78, 5) is 12.4. The van der Waals surface area contributed by atoms with Gasteiger partial charge in [-0.2, -0.15) is 0 Å². The van der Waals surface area contributed by atoms with Gasteiger partial charge in [-0.3, -0.25) is 10.1 Å². The molecule has 0 aliphatic carbocycles. The van der Waals surface area contributed by atoms with Crippen molar-refractivity contribution in [3.05, 3.63) is 64.7 Å². The van der Waals surface area contributed by atoms with Crippen molar-refractivity contribution < 1.29 is 4.79 Å². The Balaban J connectivity index is 2.32. The Morgan fingerprint density at radius 2 is 1.52 bits per heavy atom. The second kappa shape index (κ2) is 7.81. The maximum Gasteiger partial charge on any atom is 0.257 e. The van der Waals surface area contributed by atoms with Gasteiger partial charge in [0.25, 0.3) is 5.91 Å². The van der Waals surface area contributed by atoms with Crippen LogP contribution in [0.25, 0.3) is 0 Å². The summed E-state index contributed by atoms with van der Waals surface area (Å²) in [6.45, 7) is 15.3. The number of anilines is 1. The zero-order valence-electron chi connectivity index (χ0n) is 17.4. The highest BCUT2D eigenvalue weighted by atomic mass is 32.1. The molecule has 2 N–H and O–H groups in total. The quantitative estimate of drug-likeness (QED) is 0.653. The molecule has 0 fully saturated rings. The van der Waals surface area contributed by atoms with Crippen LogP contribution in [0.4, 0.5) is 5.69 Å². The largest absolute Gasteiger partial charge is 0.332 e. The summed E-state index contributed by atoms with van der Waals surface area (Å²) in [5.74, 6) is -0.214. The van der Waals surface area contributed by atoms with Crippen LogP contribution in [0.3, 0.4) is 0 Å². The van der Waals surface area contributed by atoms with Gasteiger partial charge in [0.1, 0.15) is 0 Å². The topological polar surface area (TPSA) is 41.1 Å². The summed E-state index contributed by atoms with van der Waals surface area (Å²) in [5.41, 5.74) is 5.13. The molecule has 3 nitrogen and oxygen atoms in total. The third kappa shape index (κ3) is 5.39. The van der Waals surface area contributed by atoms with E-state index in [1.165, 1.54) is 11.1 Å². The molecule has 0 aliphatic rings. The fraction of sp³-hybridized carbons (Fsp3) is 0.391. The molecule has 1 amide bonds. The Bertz CT molecular complexity index is 843. The second-order valence-electron chi connectivity index (χ2n) is 8.99. The minimum atomic E-state index is -0.214. The van der Waals surface area contributed by atoms with Gasteiger partial charge in [-0.15, -0.1) is 0 Å². The summed E-state index contributed by atoms with van der Waals surface area (Å²) >= 11 is 5.42. The van der Waals surface area contributed by atoms with E-state index in [4.69, 9.17) is 12.2 Å². The first kappa shape index (κ1) is 21.1. The third-order valence-electron chi connectivity index (χ3n) is 4.51. The summed E-state index contributed by atoms with van der Waals surface area (Å²) in [6, 6.07) is 13.5. The average molecular weight is 383 g/mol. The number of hydrogen-bond acceptors (Lipinski definition) is 2. The molecule has 0 aliphatic heterocycles. The highest BCUT2D eigenvalue weighted by Gasteiger charge is 2.24. The van der Waals surface area contributed by atoms with Crippen LogP contribution in [0.5, 0.6) is 0 Å². The van der Waals surface area contributed by atoms with Crippen LogP contribution in [0, 0.1) is 6.92 Å². The number of amides is 1. The molecule has 0 saturated heterocycles. The molecular formula is C23H30N2OS. The second-order valence-corrected chi connectivity index (χ2v) is 9.40. The molecule has 0 saturated carbocycles. The molecule has 27 heavy (non-hydrogen) atoms. The van der Waals surface area contributed by atoms with Gasteiger partial charge >= 0.3 is 0 Å². The maximum atomic E-state index is 12.4. The molecule has 0 spiro atoms. The number of benzene rings is 2. The zero-order chi connectivity index (χ0) is 20.4. The van der Waals surface area contributed by atoms with E-state index in [1.807, 2.05) is 18.2 Å². The minimum Gasteiger partial charge on any atom is -0.332 e. The normalized spacial score (nSPS) is 11.8. The molecule has 2 aromatic rings. The molecule has 144 valence electrons. The summed E-state index contributed by atoms with van der Waals surface area (Å²) in [5, 5.41) is 6.35. The first-order valence-electron chi connectivity index (χ1n) is 9.22. The van der Waals surface area contributed by atoms with Gasteiger partial charge in [0.15, 0.2) is 5.11 Å². The van der Waals surface area contributed by atoms with Gasteiger partial charge in [-0.05, 0) is 58.8 Å². The highest BCUT2D eigenvalue weighted by Crippen LogP contribution is 2.36. The van der Waals surface area contributed by atoms with E-state index in [2.05, 4.69) is 71.2 Å². The Labute approximate surface area is 168 Å². The molecule has 0 atom stereocenters. The molecule has 4 heteroatoms. The highest BCUT2D eigenvalue weighted by molar-refractivity contribution is 7.80. The first-order chi connectivity index (χ1) is 12.4. The molecule has 0 heterocycles. The van der Waals surface area contributed by atoms with Crippen molar-refractivity contribution in [2.24, 2.45) is 0 Å². The van der Waals surface area contributed by atoms with Gasteiger partial charge in [-0.1, -0.05) is 71.9 Å². The van der Waals surface area contributed by atoms with E-state index in [-0.39, 0.29) is 16.7 Å². The first-order valence-corrected chi connectivity index (χ1v) is 9.63. The predicted octanol–water partition coefficient (Wildman–Crippen LogP) is 5.72. The number of nitrogens with one attached hydrogen (secondary N) is 2. The van der Waals surface area contributed by atoms with E-state index >= 15 is 0 Å². The molecule has 0 aromatic heterocycles. The number of carbonyl (C=O) groups excluding carboxylic acids is 1. The molecule has 0 unspecified atom stereocenters. The smallest absolute Gasteiger partial charge is 0.257 e. The monoisotopic (exact) mass is 382 g/mol. The van der Waals surface area contributed by atoms with E-state index in [1.54, 1.807) is 12.1 Å². The molecule has 2 aromatic carbocycles. The van der Waals surface area contributed by atoms with Gasteiger partial charge in [0.2, 0.25) is 0 Å². The lowest BCUT2D eigenvalue weighted by Crippen LogP contribution is -2.35. The summed E-state index contributed by atoms with van der Waals surface area (Å²) in [6.07, 6.45) is 0. The van der Waals surface area contributed by atoms with Crippen molar-refractivity contribution in [3.63, 3.8) is 0 Å². The van der Waals surface area contributed by atoms with Crippen molar-refractivity contribution >= 4 is 28.9 Å². The van der Waals surface area contributed by atoms with Gasteiger partial charge < -0.3 is 5.32 Å². The Morgan fingerprint density at radius 1 is 0.926 bits per heavy atom. The molecule has 0 radical (unpaired) electrons. The molecule has 2 rings (SSSR count). The number of thiocarbonyl (C=S) groups is 1. The van der Waals surface area contributed by atoms with Crippen LogP contribution < -0.4 is 10.6 Å². The fourth-order valence-corrected chi connectivity index (χ4v) is 3.08. The summed E-state index contributed by atoms with van der Waals surface area (Å²) in [7, 11) is 0. The van der Waals surface area contributed by atoms with Crippen LogP contribution in [0.1, 0.15) is 68.6 Å². The van der Waals surface area contributed by atoms with Gasteiger partial charge in [0, 0.05) is 11.3 Å². The van der Waals surface area contributed by atoms with E-state index in [9.17, 15) is 4.79 Å². The van der Waals surface area contributed by atoms with Crippen molar-refractivity contribution in [2.45, 2.75) is 59.3 Å². The lowest BCUT2D eigenvalue weighted by Gasteiger charge is -2.29. The van der Waals surface area contributed by atoms with Crippen LogP contribution in [-0.4, -0.2) is 11.0 Å². The van der Waals surface area contributed by atoms with Crippen molar-refractivity contribution in [1.82, 2.24) is 5.32 Å². The number of hydrogen-bond donors (Lipinski definition) is 2. The van der Waals surface area contributed by atoms with Crippen molar-refractivity contribution in [2.75, 3.05) is 5.32 Å². The van der Waals surface area contributed by atoms with Crippen molar-refractivity contribution in [1.29, 1.82) is 0 Å². The van der Waals surface area contributed by atoms with Crippen LogP contribution in [0.2, 0.25) is 0 Å². The van der Waals surface area contributed by atoms with E-state index in [0.29, 0.717) is 10.7 Å². The fourth-order valence-electron chi connectivity index (χ4n) is 2.89. The van der Waals surface area contributed by atoms with Crippen molar-refractivity contribution in [3.8, 4) is 0 Å². The standard InChI is InChI=1S/C23H30N2OS/c1-15-13-17(22(2,3)4)14-18(23(5,6)7)19(15)24-21(27)25-20(26)16-11-9-8-10-12-16/h8-14H,1-7H3,(H2,24,25,26,27). The minimum absolute atomic E-state index is 0.0608. The number of carbonyl (C=O) groups is 1. The van der Waals surface area contributed by atoms with E-state index in [0.717, 1.165) is 11.3 Å². The van der Waals surface area contributed by atoms with Crippen LogP contribution in [-0.2, 0) is 10.8 Å². The number of aryl methyl sites for hydroxylation is 1. The van der Waals surface area contributed by atoms with Gasteiger partial charge in [0.05, 0.1) is 0 Å². The Kier molecular flexibility index (Phi) is 6.10. The van der Waals surface area contributed by atoms with Crippen LogP contribution >= 0.6 is 12.2 Å². The van der Waals surface area contributed by atoms with Crippen LogP contribution in [0.15, 0.2) is 42.5 Å². The maximum absolute atomic E-state index is 12.4. The Hall–Kier alpha value is -2.20. The average Bonchev–Trinajstić information content (AvgIpc) is 2.55. The predicted molar refractivity (Wildman–Crippen MR) is 119 cm³/mol. The molecule has 0 bridgehead atoms. The lowest BCUT2D eigenvalue weighted by atomic mass is 9.78.